The zero-order valence-electron chi connectivity index (χ0n) is 12.5. The van der Waals surface area contributed by atoms with Gasteiger partial charge in [0.25, 0.3) is 5.91 Å². The topological polar surface area (TPSA) is 41.1 Å². The van der Waals surface area contributed by atoms with Gasteiger partial charge in [-0.3, -0.25) is 4.79 Å². The van der Waals surface area contributed by atoms with E-state index in [1.165, 1.54) is 10.4 Å². The largest absolute Gasteiger partial charge is 0.350 e. The van der Waals surface area contributed by atoms with Crippen molar-refractivity contribution < 1.29 is 4.79 Å². The molecule has 1 heterocycles. The third kappa shape index (κ3) is 4.96. The monoisotopic (exact) mass is 282 g/mol. The average molecular weight is 282 g/mol. The van der Waals surface area contributed by atoms with Crippen LogP contribution in [0, 0.1) is 0 Å². The van der Waals surface area contributed by atoms with Crippen LogP contribution in [0.1, 0.15) is 54.2 Å². The minimum absolute atomic E-state index is 0.0619. The molecule has 0 aliphatic carbocycles. The molecule has 19 heavy (non-hydrogen) atoms. The highest BCUT2D eigenvalue weighted by molar-refractivity contribution is 7.14. The third-order valence-corrected chi connectivity index (χ3v) is 4.34. The van der Waals surface area contributed by atoms with Crippen LogP contribution in [-0.4, -0.2) is 25.0 Å². The Bertz CT molecular complexity index is 401. The van der Waals surface area contributed by atoms with Crippen molar-refractivity contribution >= 4 is 17.2 Å². The van der Waals surface area contributed by atoms with Crippen molar-refractivity contribution in [2.24, 2.45) is 0 Å². The van der Waals surface area contributed by atoms with E-state index in [1.807, 2.05) is 0 Å². The quantitative estimate of drug-likeness (QED) is 0.769. The Hall–Kier alpha value is -0.870. The molecule has 1 aromatic heterocycles. The van der Waals surface area contributed by atoms with Crippen molar-refractivity contribution in [1.29, 1.82) is 0 Å². The van der Waals surface area contributed by atoms with Crippen LogP contribution in [-0.2, 0) is 12.8 Å². The summed E-state index contributed by atoms with van der Waals surface area (Å²) in [6.07, 6.45) is 3.22. The van der Waals surface area contributed by atoms with Crippen molar-refractivity contribution in [3.8, 4) is 0 Å². The van der Waals surface area contributed by atoms with E-state index in [9.17, 15) is 4.79 Å². The lowest BCUT2D eigenvalue weighted by atomic mass is 10.1. The number of hydrogen-bond donors (Lipinski definition) is 2. The van der Waals surface area contributed by atoms with Gasteiger partial charge in [0, 0.05) is 17.5 Å². The highest BCUT2D eigenvalue weighted by Gasteiger charge is 2.13. The molecule has 108 valence electrons. The number of likely N-dealkylation sites (N-methyl/N-ethyl adjacent to an activating group) is 1. The summed E-state index contributed by atoms with van der Waals surface area (Å²) in [5.74, 6) is 0.0619. The summed E-state index contributed by atoms with van der Waals surface area (Å²) < 4.78 is 0. The molecular formula is C15H26N2OS. The molecule has 2 N–H and O–H groups in total. The van der Waals surface area contributed by atoms with E-state index in [2.05, 4.69) is 44.4 Å². The molecule has 0 saturated carbocycles. The summed E-state index contributed by atoms with van der Waals surface area (Å²) in [5, 5.41) is 6.29. The lowest BCUT2D eigenvalue weighted by Gasteiger charge is -2.12. The minimum atomic E-state index is 0.0619. The summed E-state index contributed by atoms with van der Waals surface area (Å²) in [6, 6.07) is 2.37. The van der Waals surface area contributed by atoms with Gasteiger partial charge in [-0.1, -0.05) is 27.2 Å². The first-order valence-electron chi connectivity index (χ1n) is 7.25. The zero-order chi connectivity index (χ0) is 14.3. The summed E-state index contributed by atoms with van der Waals surface area (Å²) in [5.41, 5.74) is 1.33. The SMILES string of the molecule is CCCc1sc(C(=O)NC[C@@H](C)NCC)cc1CC. The second-order valence-electron chi connectivity index (χ2n) is 4.83. The second kappa shape index (κ2) is 8.33. The van der Waals surface area contributed by atoms with Crippen molar-refractivity contribution in [3.05, 3.63) is 21.4 Å². The molecule has 0 saturated heterocycles. The molecule has 3 nitrogen and oxygen atoms in total. The van der Waals surface area contributed by atoms with Crippen LogP contribution in [0.15, 0.2) is 6.07 Å². The maximum absolute atomic E-state index is 12.1. The number of thiophene rings is 1. The predicted molar refractivity (Wildman–Crippen MR) is 83.2 cm³/mol. The fourth-order valence-corrected chi connectivity index (χ4v) is 3.34. The Balaban J connectivity index is 2.61. The van der Waals surface area contributed by atoms with Crippen LogP contribution >= 0.6 is 11.3 Å². The van der Waals surface area contributed by atoms with Crippen molar-refractivity contribution in [1.82, 2.24) is 10.6 Å². The smallest absolute Gasteiger partial charge is 0.261 e. The zero-order valence-corrected chi connectivity index (χ0v) is 13.3. The maximum Gasteiger partial charge on any atom is 0.261 e. The number of hydrogen-bond acceptors (Lipinski definition) is 3. The lowest BCUT2D eigenvalue weighted by Crippen LogP contribution is -2.38. The first kappa shape index (κ1) is 16.2. The van der Waals surface area contributed by atoms with Crippen LogP contribution in [0.25, 0.3) is 0 Å². The number of aryl methyl sites for hydroxylation is 2. The molecule has 0 aromatic carbocycles. The van der Waals surface area contributed by atoms with E-state index in [1.54, 1.807) is 11.3 Å². The third-order valence-electron chi connectivity index (χ3n) is 3.10. The van der Waals surface area contributed by atoms with E-state index in [0.29, 0.717) is 12.6 Å². The summed E-state index contributed by atoms with van der Waals surface area (Å²) in [6.45, 7) is 10.1. The van der Waals surface area contributed by atoms with Gasteiger partial charge in [0.15, 0.2) is 0 Å². The lowest BCUT2D eigenvalue weighted by molar-refractivity contribution is 0.0954. The van der Waals surface area contributed by atoms with Crippen LogP contribution in [0.2, 0.25) is 0 Å². The molecular weight excluding hydrogens is 256 g/mol. The van der Waals surface area contributed by atoms with Gasteiger partial charge in [0.1, 0.15) is 0 Å². The number of nitrogens with one attached hydrogen (secondary N) is 2. The first-order valence-corrected chi connectivity index (χ1v) is 8.07. The van der Waals surface area contributed by atoms with Crippen molar-refractivity contribution in [2.45, 2.75) is 53.0 Å². The second-order valence-corrected chi connectivity index (χ2v) is 5.97. The van der Waals surface area contributed by atoms with Gasteiger partial charge in [-0.2, -0.15) is 0 Å². The molecule has 0 fully saturated rings. The highest BCUT2D eigenvalue weighted by Crippen LogP contribution is 2.24. The number of rotatable bonds is 8. The average Bonchev–Trinajstić information content (AvgIpc) is 2.80. The van der Waals surface area contributed by atoms with Crippen molar-refractivity contribution in [3.63, 3.8) is 0 Å². The first-order chi connectivity index (χ1) is 9.12. The van der Waals surface area contributed by atoms with Gasteiger partial charge < -0.3 is 10.6 Å². The molecule has 1 atom stereocenters. The van der Waals surface area contributed by atoms with Gasteiger partial charge in [0.05, 0.1) is 4.88 Å². The van der Waals surface area contributed by atoms with Crippen LogP contribution in [0.3, 0.4) is 0 Å². The van der Waals surface area contributed by atoms with Gasteiger partial charge in [-0.15, -0.1) is 11.3 Å². The molecule has 0 aliphatic heterocycles. The van der Waals surface area contributed by atoms with Gasteiger partial charge >= 0.3 is 0 Å². The fraction of sp³-hybridized carbons (Fsp3) is 0.667. The summed E-state index contributed by atoms with van der Waals surface area (Å²) in [4.78, 5) is 14.3. The maximum atomic E-state index is 12.1. The molecule has 0 aliphatic rings. The Morgan fingerprint density at radius 1 is 1.37 bits per heavy atom. The number of amides is 1. The highest BCUT2D eigenvalue weighted by atomic mass is 32.1. The molecule has 0 spiro atoms. The van der Waals surface area contributed by atoms with Crippen molar-refractivity contribution in [2.75, 3.05) is 13.1 Å². The van der Waals surface area contributed by atoms with E-state index < -0.39 is 0 Å². The van der Waals surface area contributed by atoms with Crippen LogP contribution in [0.5, 0.6) is 0 Å². The van der Waals surface area contributed by atoms with Crippen LogP contribution < -0.4 is 10.6 Å². The van der Waals surface area contributed by atoms with E-state index in [-0.39, 0.29) is 5.91 Å². The number of carbonyl (C=O) groups is 1. The van der Waals surface area contributed by atoms with E-state index in [4.69, 9.17) is 0 Å². The van der Waals surface area contributed by atoms with Gasteiger partial charge in [-0.25, -0.2) is 0 Å². The molecule has 1 amide bonds. The molecule has 1 aromatic rings. The summed E-state index contributed by atoms with van der Waals surface area (Å²) >= 11 is 1.65. The normalized spacial score (nSPS) is 12.4. The Kier molecular flexibility index (Phi) is 7.10. The fourth-order valence-electron chi connectivity index (χ4n) is 2.07. The number of carbonyl (C=O) groups excluding carboxylic acids is 1. The Morgan fingerprint density at radius 3 is 2.68 bits per heavy atom. The molecule has 4 heteroatoms. The van der Waals surface area contributed by atoms with Crippen LogP contribution in [0.4, 0.5) is 0 Å². The molecule has 0 bridgehead atoms. The molecule has 0 radical (unpaired) electrons. The predicted octanol–water partition coefficient (Wildman–Crippen LogP) is 2.99. The minimum Gasteiger partial charge on any atom is -0.350 e. The molecule has 0 unspecified atom stereocenters. The summed E-state index contributed by atoms with van der Waals surface area (Å²) in [7, 11) is 0. The van der Waals surface area contributed by atoms with Gasteiger partial charge in [-0.05, 0) is 37.9 Å². The Morgan fingerprint density at radius 2 is 2.11 bits per heavy atom. The Labute approximate surface area is 120 Å². The molecule has 1 rings (SSSR count). The van der Waals surface area contributed by atoms with E-state index >= 15 is 0 Å². The van der Waals surface area contributed by atoms with Gasteiger partial charge in [0.2, 0.25) is 0 Å². The van der Waals surface area contributed by atoms with E-state index in [0.717, 1.165) is 30.7 Å². The standard InChI is InChI=1S/C15H26N2OS/c1-5-8-13-12(6-2)9-14(19-13)15(18)17-10-11(4)16-7-3/h9,11,16H,5-8,10H2,1-4H3,(H,17,18)/t11-/m1/s1.